The minimum absolute atomic E-state index is 0.910. The Morgan fingerprint density at radius 1 is 1.57 bits per heavy atom. The first kappa shape index (κ1) is 9.71. The Bertz CT molecular complexity index is 276. The Balaban J connectivity index is 1.68. The van der Waals surface area contributed by atoms with Crippen LogP contribution in [0.15, 0.2) is 12.4 Å². The maximum atomic E-state index is 4.32. The predicted octanol–water partition coefficient (Wildman–Crippen LogP) is 1.79. The van der Waals surface area contributed by atoms with Crippen LogP contribution in [-0.2, 0) is 13.1 Å². The summed E-state index contributed by atoms with van der Waals surface area (Å²) in [6, 6.07) is 0. The largest absolute Gasteiger partial charge is 0.334 e. The summed E-state index contributed by atoms with van der Waals surface area (Å²) in [6.45, 7) is 5.21. The van der Waals surface area contributed by atoms with Gasteiger partial charge in [-0.05, 0) is 25.8 Å². The van der Waals surface area contributed by atoms with Crippen molar-refractivity contribution in [1.82, 2.24) is 14.9 Å². The van der Waals surface area contributed by atoms with E-state index in [0.29, 0.717) is 0 Å². The molecule has 0 saturated heterocycles. The Morgan fingerprint density at radius 3 is 3.14 bits per heavy atom. The van der Waals surface area contributed by atoms with Gasteiger partial charge in [-0.25, -0.2) is 4.98 Å². The monoisotopic (exact) mass is 193 g/mol. The number of hydrogen-bond acceptors (Lipinski definition) is 2. The molecule has 2 rings (SSSR count). The fourth-order valence-corrected chi connectivity index (χ4v) is 1.71. The molecular weight excluding hydrogens is 174 g/mol. The fourth-order valence-electron chi connectivity index (χ4n) is 1.71. The predicted molar refractivity (Wildman–Crippen MR) is 56.9 cm³/mol. The molecule has 0 amide bonds. The molecule has 0 atom stereocenters. The van der Waals surface area contributed by atoms with Crippen molar-refractivity contribution in [3.05, 3.63) is 18.2 Å². The summed E-state index contributed by atoms with van der Waals surface area (Å²) in [5.74, 6) is 2.18. The fraction of sp³-hybridized carbons (Fsp3) is 0.727. The van der Waals surface area contributed by atoms with Crippen LogP contribution < -0.4 is 5.32 Å². The lowest BCUT2D eigenvalue weighted by Gasteiger charge is -2.05. The van der Waals surface area contributed by atoms with Gasteiger partial charge in [-0.3, -0.25) is 0 Å². The lowest BCUT2D eigenvalue weighted by molar-refractivity contribution is 0.576. The third-order valence-corrected chi connectivity index (χ3v) is 2.85. The highest BCUT2D eigenvalue weighted by Gasteiger charge is 2.19. The SMILES string of the molecule is CCn1ccnc1CNCCC1CC1. The molecule has 0 aliphatic heterocycles. The van der Waals surface area contributed by atoms with Gasteiger partial charge in [-0.1, -0.05) is 12.8 Å². The van der Waals surface area contributed by atoms with Crippen LogP contribution in [0.4, 0.5) is 0 Å². The van der Waals surface area contributed by atoms with E-state index in [4.69, 9.17) is 0 Å². The molecule has 1 saturated carbocycles. The van der Waals surface area contributed by atoms with Crippen molar-refractivity contribution in [2.24, 2.45) is 5.92 Å². The van der Waals surface area contributed by atoms with Gasteiger partial charge in [-0.15, -0.1) is 0 Å². The van der Waals surface area contributed by atoms with Crippen LogP contribution in [0, 0.1) is 5.92 Å². The zero-order valence-corrected chi connectivity index (χ0v) is 8.87. The lowest BCUT2D eigenvalue weighted by Crippen LogP contribution is -2.18. The average Bonchev–Trinajstić information content (AvgIpc) is 2.91. The Hall–Kier alpha value is -0.830. The number of nitrogens with zero attached hydrogens (tertiary/aromatic N) is 2. The molecule has 1 aliphatic carbocycles. The summed E-state index contributed by atoms with van der Waals surface area (Å²) in [4.78, 5) is 4.32. The molecular formula is C11H19N3. The Labute approximate surface area is 85.5 Å². The number of hydrogen-bond donors (Lipinski definition) is 1. The normalized spacial score (nSPS) is 16.1. The van der Waals surface area contributed by atoms with E-state index in [2.05, 4.69) is 21.8 Å². The summed E-state index contributed by atoms with van der Waals surface area (Å²) in [7, 11) is 0. The van der Waals surface area contributed by atoms with E-state index in [-0.39, 0.29) is 0 Å². The molecule has 0 unspecified atom stereocenters. The van der Waals surface area contributed by atoms with Crippen LogP contribution in [0.3, 0.4) is 0 Å². The summed E-state index contributed by atoms with van der Waals surface area (Å²) in [5.41, 5.74) is 0. The van der Waals surface area contributed by atoms with E-state index in [1.54, 1.807) is 0 Å². The topological polar surface area (TPSA) is 29.9 Å². The molecule has 3 heteroatoms. The van der Waals surface area contributed by atoms with Gasteiger partial charge < -0.3 is 9.88 Å². The third-order valence-electron chi connectivity index (χ3n) is 2.85. The molecule has 78 valence electrons. The highest BCUT2D eigenvalue weighted by atomic mass is 15.1. The van der Waals surface area contributed by atoms with Crippen molar-refractivity contribution in [3.8, 4) is 0 Å². The molecule has 0 spiro atoms. The second kappa shape index (κ2) is 4.60. The Kier molecular flexibility index (Phi) is 3.19. The van der Waals surface area contributed by atoms with Gasteiger partial charge >= 0.3 is 0 Å². The van der Waals surface area contributed by atoms with Crippen LogP contribution in [0.25, 0.3) is 0 Å². The van der Waals surface area contributed by atoms with E-state index in [1.165, 1.54) is 19.3 Å². The average molecular weight is 193 g/mol. The van der Waals surface area contributed by atoms with Gasteiger partial charge in [0.25, 0.3) is 0 Å². The van der Waals surface area contributed by atoms with Gasteiger partial charge in [0.05, 0.1) is 6.54 Å². The number of rotatable bonds is 6. The molecule has 3 nitrogen and oxygen atoms in total. The smallest absolute Gasteiger partial charge is 0.122 e. The second-order valence-corrected chi connectivity index (χ2v) is 4.04. The maximum Gasteiger partial charge on any atom is 0.122 e. The molecule has 0 aromatic carbocycles. The second-order valence-electron chi connectivity index (χ2n) is 4.04. The van der Waals surface area contributed by atoms with Crippen LogP contribution in [0.1, 0.15) is 32.0 Å². The van der Waals surface area contributed by atoms with Crippen molar-refractivity contribution in [1.29, 1.82) is 0 Å². The van der Waals surface area contributed by atoms with E-state index in [0.717, 1.165) is 31.4 Å². The standard InChI is InChI=1S/C11H19N3/c1-2-14-8-7-13-11(14)9-12-6-5-10-3-4-10/h7-8,10,12H,2-6,9H2,1H3. The van der Waals surface area contributed by atoms with Gasteiger partial charge in [0.15, 0.2) is 0 Å². The first-order valence-corrected chi connectivity index (χ1v) is 5.61. The minimum atomic E-state index is 0.910. The van der Waals surface area contributed by atoms with Crippen molar-refractivity contribution in [3.63, 3.8) is 0 Å². The van der Waals surface area contributed by atoms with Crippen molar-refractivity contribution >= 4 is 0 Å². The molecule has 1 fully saturated rings. The molecule has 1 N–H and O–H groups in total. The highest BCUT2D eigenvalue weighted by Crippen LogP contribution is 2.31. The number of aryl methyl sites for hydroxylation is 1. The maximum absolute atomic E-state index is 4.32. The van der Waals surface area contributed by atoms with Crippen molar-refractivity contribution < 1.29 is 0 Å². The van der Waals surface area contributed by atoms with Gasteiger partial charge in [0, 0.05) is 18.9 Å². The summed E-state index contributed by atoms with van der Waals surface area (Å²) < 4.78 is 2.18. The lowest BCUT2D eigenvalue weighted by atomic mass is 10.3. The summed E-state index contributed by atoms with van der Waals surface area (Å²) in [5, 5.41) is 3.45. The van der Waals surface area contributed by atoms with Crippen LogP contribution >= 0.6 is 0 Å². The number of imidazole rings is 1. The molecule has 1 aromatic heterocycles. The van der Waals surface area contributed by atoms with Crippen LogP contribution in [-0.4, -0.2) is 16.1 Å². The van der Waals surface area contributed by atoms with Crippen LogP contribution in [0.2, 0.25) is 0 Å². The molecule has 0 bridgehead atoms. The van der Waals surface area contributed by atoms with E-state index in [1.807, 2.05) is 12.4 Å². The van der Waals surface area contributed by atoms with Gasteiger partial charge in [0.1, 0.15) is 5.82 Å². The van der Waals surface area contributed by atoms with Crippen molar-refractivity contribution in [2.45, 2.75) is 39.3 Å². The molecule has 1 aromatic rings. The summed E-state index contributed by atoms with van der Waals surface area (Å²) >= 11 is 0. The molecule has 1 aliphatic rings. The van der Waals surface area contributed by atoms with Crippen LogP contribution in [0.5, 0.6) is 0 Å². The molecule has 1 heterocycles. The third kappa shape index (κ3) is 2.58. The first-order valence-electron chi connectivity index (χ1n) is 5.61. The van der Waals surface area contributed by atoms with E-state index in [9.17, 15) is 0 Å². The summed E-state index contributed by atoms with van der Waals surface area (Å²) in [6.07, 6.45) is 8.16. The number of nitrogens with one attached hydrogen (secondary N) is 1. The van der Waals surface area contributed by atoms with E-state index >= 15 is 0 Å². The first-order chi connectivity index (χ1) is 6.90. The minimum Gasteiger partial charge on any atom is -0.334 e. The van der Waals surface area contributed by atoms with Crippen molar-refractivity contribution in [2.75, 3.05) is 6.54 Å². The van der Waals surface area contributed by atoms with Gasteiger partial charge in [0.2, 0.25) is 0 Å². The quantitative estimate of drug-likeness (QED) is 0.698. The number of aromatic nitrogens is 2. The molecule has 14 heavy (non-hydrogen) atoms. The highest BCUT2D eigenvalue weighted by molar-refractivity contribution is 4.91. The van der Waals surface area contributed by atoms with Gasteiger partial charge in [-0.2, -0.15) is 0 Å². The van der Waals surface area contributed by atoms with E-state index < -0.39 is 0 Å². The zero-order valence-electron chi connectivity index (χ0n) is 8.87. The molecule has 0 radical (unpaired) electrons. The Morgan fingerprint density at radius 2 is 2.43 bits per heavy atom. The zero-order chi connectivity index (χ0) is 9.80.